The summed E-state index contributed by atoms with van der Waals surface area (Å²) in [6.07, 6.45) is 3.18. The van der Waals surface area contributed by atoms with Crippen LogP contribution in [0.5, 0.6) is 0 Å². The van der Waals surface area contributed by atoms with E-state index in [0.717, 1.165) is 35.4 Å². The van der Waals surface area contributed by atoms with Gasteiger partial charge in [-0.15, -0.1) is 0 Å². The molecule has 3 heterocycles. The maximum absolute atomic E-state index is 5.55. The van der Waals surface area contributed by atoms with Gasteiger partial charge in [-0.05, 0) is 26.3 Å². The lowest BCUT2D eigenvalue weighted by Crippen LogP contribution is -2.26. The minimum Gasteiger partial charge on any atom is -0.378 e. The Hall–Kier alpha value is -1.62. The lowest BCUT2D eigenvalue weighted by molar-refractivity contribution is 0.121. The summed E-state index contributed by atoms with van der Waals surface area (Å²) in [5.74, 6) is 0. The molecule has 1 fully saturated rings. The molecule has 96 valence electrons. The lowest BCUT2D eigenvalue weighted by Gasteiger charge is -2.17. The number of nitrogens with one attached hydrogen (secondary N) is 1. The molecular weight excluding hydrogens is 228 g/mol. The van der Waals surface area contributed by atoms with Crippen LogP contribution in [0.15, 0.2) is 12.3 Å². The zero-order valence-electron chi connectivity index (χ0n) is 11.0. The monoisotopic (exact) mass is 246 g/mol. The van der Waals surface area contributed by atoms with Gasteiger partial charge in [-0.2, -0.15) is 5.10 Å². The van der Waals surface area contributed by atoms with Crippen molar-refractivity contribution in [1.29, 1.82) is 0 Å². The lowest BCUT2D eigenvalue weighted by atomic mass is 10.1. The van der Waals surface area contributed by atoms with Gasteiger partial charge in [0.05, 0.1) is 29.7 Å². The highest BCUT2D eigenvalue weighted by atomic mass is 16.5. The number of pyridine rings is 1. The molecule has 0 aromatic carbocycles. The third-order valence-electron chi connectivity index (χ3n) is 3.59. The molecule has 0 spiro atoms. The molecule has 5 heteroatoms. The highest BCUT2D eigenvalue weighted by molar-refractivity contribution is 5.81. The first kappa shape index (κ1) is 11.5. The van der Waals surface area contributed by atoms with Crippen LogP contribution in [-0.2, 0) is 11.8 Å². The minimum atomic E-state index is 0.260. The third-order valence-corrected chi connectivity index (χ3v) is 3.59. The summed E-state index contributed by atoms with van der Waals surface area (Å²) in [6, 6.07) is 2.50. The summed E-state index contributed by atoms with van der Waals surface area (Å²) in [5, 5.41) is 8.98. The van der Waals surface area contributed by atoms with Gasteiger partial charge in [-0.3, -0.25) is 4.68 Å². The van der Waals surface area contributed by atoms with Crippen LogP contribution in [0.3, 0.4) is 0 Å². The van der Waals surface area contributed by atoms with Crippen LogP contribution in [0.4, 0.5) is 5.69 Å². The molecule has 2 aromatic rings. The average molecular weight is 246 g/mol. The molecule has 0 amide bonds. The summed E-state index contributed by atoms with van der Waals surface area (Å²) in [4.78, 5) is 4.47. The molecule has 0 bridgehead atoms. The van der Waals surface area contributed by atoms with E-state index in [0.29, 0.717) is 6.04 Å². The molecule has 2 atom stereocenters. The van der Waals surface area contributed by atoms with Crippen LogP contribution >= 0.6 is 0 Å². The van der Waals surface area contributed by atoms with E-state index in [1.165, 1.54) is 0 Å². The Morgan fingerprint density at radius 2 is 2.33 bits per heavy atom. The second kappa shape index (κ2) is 4.24. The molecule has 1 N–H and O–H groups in total. The van der Waals surface area contributed by atoms with Crippen molar-refractivity contribution in [2.75, 3.05) is 11.9 Å². The van der Waals surface area contributed by atoms with Crippen LogP contribution in [0.2, 0.25) is 0 Å². The molecule has 18 heavy (non-hydrogen) atoms. The number of aromatic nitrogens is 3. The van der Waals surface area contributed by atoms with Crippen LogP contribution in [0.1, 0.15) is 19.0 Å². The fraction of sp³-hybridized carbons (Fsp3) is 0.538. The Kier molecular flexibility index (Phi) is 2.70. The first-order valence-corrected chi connectivity index (χ1v) is 6.32. The van der Waals surface area contributed by atoms with E-state index in [9.17, 15) is 0 Å². The van der Waals surface area contributed by atoms with Crippen molar-refractivity contribution in [3.05, 3.63) is 18.0 Å². The number of hydrogen-bond acceptors (Lipinski definition) is 4. The van der Waals surface area contributed by atoms with E-state index in [1.807, 2.05) is 24.9 Å². The van der Waals surface area contributed by atoms with Crippen molar-refractivity contribution in [2.24, 2.45) is 7.05 Å². The minimum absolute atomic E-state index is 0.260. The molecule has 2 aromatic heterocycles. The summed E-state index contributed by atoms with van der Waals surface area (Å²) in [5.41, 5.74) is 2.98. The third kappa shape index (κ3) is 1.84. The van der Waals surface area contributed by atoms with Gasteiger partial charge in [0.25, 0.3) is 0 Å². The molecule has 0 radical (unpaired) electrons. The van der Waals surface area contributed by atoms with Crippen LogP contribution in [0, 0.1) is 6.92 Å². The van der Waals surface area contributed by atoms with Gasteiger partial charge in [0.1, 0.15) is 0 Å². The number of fused-ring (bicyclic) bond motifs is 1. The zero-order valence-corrected chi connectivity index (χ0v) is 11.0. The molecule has 1 aliphatic rings. The molecule has 0 aliphatic carbocycles. The Labute approximate surface area is 106 Å². The molecule has 1 aliphatic heterocycles. The molecule has 0 saturated carbocycles. The Morgan fingerprint density at radius 3 is 3.06 bits per heavy atom. The second-order valence-corrected chi connectivity index (χ2v) is 4.92. The first-order valence-electron chi connectivity index (χ1n) is 6.32. The molecule has 1 saturated heterocycles. The fourth-order valence-corrected chi connectivity index (χ4v) is 2.52. The van der Waals surface area contributed by atoms with E-state index in [4.69, 9.17) is 4.74 Å². The maximum atomic E-state index is 5.55. The molecular formula is C13H18N4O. The van der Waals surface area contributed by atoms with E-state index >= 15 is 0 Å². The second-order valence-electron chi connectivity index (χ2n) is 4.92. The number of hydrogen-bond donors (Lipinski definition) is 1. The van der Waals surface area contributed by atoms with Gasteiger partial charge in [0.2, 0.25) is 0 Å². The van der Waals surface area contributed by atoms with Crippen LogP contribution < -0.4 is 5.32 Å². The van der Waals surface area contributed by atoms with Gasteiger partial charge >= 0.3 is 0 Å². The van der Waals surface area contributed by atoms with Crippen molar-refractivity contribution in [3.63, 3.8) is 0 Å². The van der Waals surface area contributed by atoms with Gasteiger partial charge in [-0.1, -0.05) is 0 Å². The average Bonchev–Trinajstić information content (AvgIpc) is 2.86. The Bertz CT molecular complexity index is 578. The highest BCUT2D eigenvalue weighted by Crippen LogP contribution is 2.22. The van der Waals surface area contributed by atoms with Crippen LogP contribution in [-0.4, -0.2) is 33.5 Å². The summed E-state index contributed by atoms with van der Waals surface area (Å²) in [7, 11) is 1.92. The maximum Gasteiger partial charge on any atom is 0.157 e. The Morgan fingerprint density at radius 1 is 1.50 bits per heavy atom. The molecule has 2 unspecified atom stereocenters. The van der Waals surface area contributed by atoms with Crippen LogP contribution in [0.25, 0.3) is 11.0 Å². The molecule has 5 nitrogen and oxygen atoms in total. The predicted octanol–water partition coefficient (Wildman–Crippen LogP) is 1.87. The zero-order chi connectivity index (χ0) is 12.7. The van der Waals surface area contributed by atoms with E-state index in [1.54, 1.807) is 0 Å². The fourth-order valence-electron chi connectivity index (χ4n) is 2.52. The standard InChI is InChI=1S/C13H18N4O/c1-8-11-6-10(7-14-13(11)17(3)16-8)15-12-4-5-18-9(12)2/h6-7,9,12,15H,4-5H2,1-3H3. The van der Waals surface area contributed by atoms with Crippen molar-refractivity contribution < 1.29 is 4.74 Å². The van der Waals surface area contributed by atoms with Gasteiger partial charge in [-0.25, -0.2) is 4.98 Å². The first-order chi connectivity index (χ1) is 8.65. The summed E-state index contributed by atoms with van der Waals surface area (Å²) in [6.45, 7) is 4.95. The highest BCUT2D eigenvalue weighted by Gasteiger charge is 2.24. The normalized spacial score (nSPS) is 23.7. The largest absolute Gasteiger partial charge is 0.378 e. The van der Waals surface area contributed by atoms with Gasteiger partial charge in [0.15, 0.2) is 5.65 Å². The van der Waals surface area contributed by atoms with Gasteiger partial charge in [0, 0.05) is 19.0 Å². The van der Waals surface area contributed by atoms with E-state index in [2.05, 4.69) is 28.4 Å². The number of aryl methyl sites for hydroxylation is 2. The van der Waals surface area contributed by atoms with Crippen molar-refractivity contribution in [1.82, 2.24) is 14.8 Å². The van der Waals surface area contributed by atoms with Crippen molar-refractivity contribution in [2.45, 2.75) is 32.4 Å². The topological polar surface area (TPSA) is 52.0 Å². The number of rotatable bonds is 2. The number of nitrogens with zero attached hydrogens (tertiary/aromatic N) is 3. The quantitative estimate of drug-likeness (QED) is 0.879. The van der Waals surface area contributed by atoms with E-state index in [-0.39, 0.29) is 6.10 Å². The van der Waals surface area contributed by atoms with Crippen molar-refractivity contribution >= 4 is 16.7 Å². The molecule has 3 rings (SSSR count). The Balaban J connectivity index is 1.91. The van der Waals surface area contributed by atoms with E-state index < -0.39 is 0 Å². The number of ether oxygens (including phenoxy) is 1. The summed E-state index contributed by atoms with van der Waals surface area (Å²) >= 11 is 0. The number of anilines is 1. The van der Waals surface area contributed by atoms with Crippen molar-refractivity contribution in [3.8, 4) is 0 Å². The predicted molar refractivity (Wildman–Crippen MR) is 70.7 cm³/mol. The smallest absolute Gasteiger partial charge is 0.157 e. The SMILES string of the molecule is Cc1nn(C)c2ncc(NC3CCOC3C)cc12. The summed E-state index contributed by atoms with van der Waals surface area (Å²) < 4.78 is 7.37. The van der Waals surface area contributed by atoms with Gasteiger partial charge < -0.3 is 10.1 Å².